The zero-order valence-electron chi connectivity index (χ0n) is 18.5. The summed E-state index contributed by atoms with van der Waals surface area (Å²) in [5.74, 6) is -0.615. The molecular weight excluding hydrogens is 428 g/mol. The summed E-state index contributed by atoms with van der Waals surface area (Å²) in [6.45, 7) is 3.44. The van der Waals surface area contributed by atoms with Gasteiger partial charge in [-0.15, -0.1) is 0 Å². The number of rotatable bonds is 4. The van der Waals surface area contributed by atoms with Crippen LogP contribution in [0.15, 0.2) is 18.5 Å². The number of aromatic amines is 1. The monoisotopic (exact) mass is 455 g/mol. The van der Waals surface area contributed by atoms with Crippen molar-refractivity contribution in [3.05, 3.63) is 35.8 Å². The molecule has 3 aromatic rings. The molecule has 0 aromatic carbocycles. The van der Waals surface area contributed by atoms with Crippen molar-refractivity contribution in [1.82, 2.24) is 30.2 Å². The Morgan fingerprint density at radius 1 is 1.12 bits per heavy atom. The van der Waals surface area contributed by atoms with Gasteiger partial charge in [0.2, 0.25) is 0 Å². The standard InChI is InChI=1S/C23H27F2N7O/c1-13-19(17-9-14(24)11-26-20(17)28-13)22-27-12-18(25)21(31-22)29-15-5-4-6-16(10-15)30-23(33)32-7-2-3-8-32/h9,11-12,15-16H,2-8,10H2,1H3,(H,26,28)(H,30,33)(H,27,29,31)/t15-,16+/m0/s1. The number of carbonyl (C=O) groups excluding carboxylic acids is 1. The van der Waals surface area contributed by atoms with Crippen molar-refractivity contribution in [1.29, 1.82) is 0 Å². The average molecular weight is 456 g/mol. The van der Waals surface area contributed by atoms with Crippen molar-refractivity contribution in [3.63, 3.8) is 0 Å². The van der Waals surface area contributed by atoms with Gasteiger partial charge < -0.3 is 20.5 Å². The third-order valence-corrected chi connectivity index (χ3v) is 6.51. The molecule has 8 nitrogen and oxygen atoms in total. The van der Waals surface area contributed by atoms with Crippen LogP contribution in [0.25, 0.3) is 22.4 Å². The van der Waals surface area contributed by atoms with Crippen molar-refractivity contribution in [3.8, 4) is 11.4 Å². The topological polar surface area (TPSA) is 98.8 Å². The van der Waals surface area contributed by atoms with Crippen LogP contribution in [-0.2, 0) is 0 Å². The second kappa shape index (κ2) is 8.92. The van der Waals surface area contributed by atoms with E-state index in [1.54, 1.807) is 0 Å². The fourth-order valence-corrected chi connectivity index (χ4v) is 4.88. The summed E-state index contributed by atoms with van der Waals surface area (Å²) in [6, 6.07) is 1.38. The van der Waals surface area contributed by atoms with Crippen molar-refractivity contribution in [2.45, 2.75) is 57.5 Å². The van der Waals surface area contributed by atoms with Crippen LogP contribution in [0.3, 0.4) is 0 Å². The van der Waals surface area contributed by atoms with Gasteiger partial charge in [0.15, 0.2) is 17.5 Å². The number of fused-ring (bicyclic) bond motifs is 1. The summed E-state index contributed by atoms with van der Waals surface area (Å²) in [6.07, 6.45) is 7.76. The number of H-pyrrole nitrogens is 1. The predicted octanol–water partition coefficient (Wildman–Crippen LogP) is 4.14. The maximum Gasteiger partial charge on any atom is 0.317 e. The Hall–Kier alpha value is -3.30. The summed E-state index contributed by atoms with van der Waals surface area (Å²) in [4.78, 5) is 30.1. The van der Waals surface area contributed by atoms with E-state index < -0.39 is 11.6 Å². The first kappa shape index (κ1) is 21.5. The highest BCUT2D eigenvalue weighted by molar-refractivity contribution is 5.93. The van der Waals surface area contributed by atoms with Gasteiger partial charge in [-0.2, -0.15) is 0 Å². The smallest absolute Gasteiger partial charge is 0.317 e. The molecule has 2 aliphatic rings. The first-order valence-electron chi connectivity index (χ1n) is 11.5. The Bertz CT molecular complexity index is 1180. The molecule has 5 rings (SSSR count). The molecule has 1 saturated heterocycles. The number of carbonyl (C=O) groups is 1. The Labute approximate surface area is 190 Å². The number of hydrogen-bond acceptors (Lipinski definition) is 5. The quantitative estimate of drug-likeness (QED) is 0.549. The number of pyridine rings is 1. The molecule has 174 valence electrons. The van der Waals surface area contributed by atoms with Gasteiger partial charge in [-0.1, -0.05) is 0 Å². The first-order chi connectivity index (χ1) is 16.0. The van der Waals surface area contributed by atoms with E-state index in [1.807, 2.05) is 11.8 Å². The summed E-state index contributed by atoms with van der Waals surface area (Å²) >= 11 is 0. The van der Waals surface area contributed by atoms with Crippen molar-refractivity contribution in [2.75, 3.05) is 18.4 Å². The molecule has 2 atom stereocenters. The second-order valence-corrected chi connectivity index (χ2v) is 8.91. The zero-order valence-corrected chi connectivity index (χ0v) is 18.5. The highest BCUT2D eigenvalue weighted by atomic mass is 19.1. The number of amides is 2. The molecule has 2 fully saturated rings. The molecule has 2 amide bonds. The van der Waals surface area contributed by atoms with Gasteiger partial charge in [-0.05, 0) is 51.5 Å². The predicted molar refractivity (Wildman–Crippen MR) is 121 cm³/mol. The summed E-state index contributed by atoms with van der Waals surface area (Å²) in [5.41, 5.74) is 1.85. The van der Waals surface area contributed by atoms with Gasteiger partial charge in [-0.3, -0.25) is 0 Å². The van der Waals surface area contributed by atoms with Gasteiger partial charge >= 0.3 is 6.03 Å². The lowest BCUT2D eigenvalue weighted by atomic mass is 9.91. The number of nitrogens with one attached hydrogen (secondary N) is 3. The van der Waals surface area contributed by atoms with Crippen LogP contribution in [0.4, 0.5) is 19.4 Å². The van der Waals surface area contributed by atoms with Crippen molar-refractivity contribution >= 4 is 22.9 Å². The third kappa shape index (κ3) is 4.46. The van der Waals surface area contributed by atoms with E-state index >= 15 is 0 Å². The molecule has 1 saturated carbocycles. The van der Waals surface area contributed by atoms with Gasteiger partial charge in [0.25, 0.3) is 0 Å². The maximum atomic E-state index is 14.6. The lowest BCUT2D eigenvalue weighted by Crippen LogP contribution is -2.47. The van der Waals surface area contributed by atoms with Crippen molar-refractivity contribution in [2.24, 2.45) is 0 Å². The number of aryl methyl sites for hydroxylation is 1. The number of nitrogens with zero attached hydrogens (tertiary/aromatic N) is 4. The van der Waals surface area contributed by atoms with Gasteiger partial charge in [0, 0.05) is 41.8 Å². The van der Waals surface area contributed by atoms with E-state index in [-0.39, 0.29) is 23.9 Å². The normalized spacial score (nSPS) is 20.9. The van der Waals surface area contributed by atoms with E-state index in [0.29, 0.717) is 28.8 Å². The van der Waals surface area contributed by atoms with Crippen LogP contribution in [-0.4, -0.2) is 56.0 Å². The molecular formula is C23H27F2N7O. The molecule has 10 heteroatoms. The summed E-state index contributed by atoms with van der Waals surface area (Å²) in [7, 11) is 0. The molecule has 1 aliphatic heterocycles. The fraction of sp³-hybridized carbons (Fsp3) is 0.478. The molecule has 0 unspecified atom stereocenters. The Balaban J connectivity index is 1.33. The number of halogens is 2. The van der Waals surface area contributed by atoms with Crippen LogP contribution < -0.4 is 10.6 Å². The number of likely N-dealkylation sites (tertiary alicyclic amines) is 1. The number of anilines is 1. The van der Waals surface area contributed by atoms with Crippen LogP contribution in [0.5, 0.6) is 0 Å². The number of hydrogen-bond donors (Lipinski definition) is 3. The van der Waals surface area contributed by atoms with Crippen LogP contribution >= 0.6 is 0 Å². The molecule has 0 spiro atoms. The van der Waals surface area contributed by atoms with E-state index in [2.05, 4.69) is 30.6 Å². The van der Waals surface area contributed by atoms with Gasteiger partial charge in [0.1, 0.15) is 11.5 Å². The lowest BCUT2D eigenvalue weighted by molar-refractivity contribution is 0.199. The lowest BCUT2D eigenvalue weighted by Gasteiger charge is -2.32. The van der Waals surface area contributed by atoms with E-state index in [4.69, 9.17) is 0 Å². The molecule has 0 bridgehead atoms. The van der Waals surface area contributed by atoms with E-state index in [1.165, 1.54) is 6.07 Å². The Morgan fingerprint density at radius 2 is 1.91 bits per heavy atom. The maximum absolute atomic E-state index is 14.6. The van der Waals surface area contributed by atoms with Gasteiger partial charge in [0.05, 0.1) is 12.4 Å². The SMILES string of the molecule is Cc1[nH]c2ncc(F)cc2c1-c1ncc(F)c(N[C@H]2CCC[C@@H](NC(=O)N3CCCC3)C2)n1. The molecule has 3 N–H and O–H groups in total. The van der Waals surface area contributed by atoms with Crippen LogP contribution in [0.2, 0.25) is 0 Å². The van der Waals surface area contributed by atoms with E-state index in [0.717, 1.165) is 63.3 Å². The second-order valence-electron chi connectivity index (χ2n) is 8.91. The zero-order chi connectivity index (χ0) is 22.9. The molecule has 4 heterocycles. The summed E-state index contributed by atoms with van der Waals surface area (Å²) < 4.78 is 28.4. The minimum atomic E-state index is -0.552. The number of urea groups is 1. The van der Waals surface area contributed by atoms with Crippen LogP contribution in [0.1, 0.15) is 44.2 Å². The average Bonchev–Trinajstić information content (AvgIpc) is 3.43. The Kier molecular flexibility index (Phi) is 5.82. The van der Waals surface area contributed by atoms with Gasteiger partial charge in [-0.25, -0.2) is 28.5 Å². The number of aromatic nitrogens is 4. The highest BCUT2D eigenvalue weighted by Gasteiger charge is 2.27. The van der Waals surface area contributed by atoms with Crippen LogP contribution in [0, 0.1) is 18.6 Å². The highest BCUT2D eigenvalue weighted by Crippen LogP contribution is 2.31. The first-order valence-corrected chi connectivity index (χ1v) is 11.5. The molecule has 1 aliphatic carbocycles. The minimum Gasteiger partial charge on any atom is -0.365 e. The van der Waals surface area contributed by atoms with E-state index in [9.17, 15) is 13.6 Å². The fourth-order valence-electron chi connectivity index (χ4n) is 4.88. The van der Waals surface area contributed by atoms with Crippen molar-refractivity contribution < 1.29 is 13.6 Å². The Morgan fingerprint density at radius 3 is 2.73 bits per heavy atom. The third-order valence-electron chi connectivity index (χ3n) is 6.51. The minimum absolute atomic E-state index is 0.00990. The molecule has 33 heavy (non-hydrogen) atoms. The summed E-state index contributed by atoms with van der Waals surface area (Å²) in [5, 5.41) is 6.89. The molecule has 3 aromatic heterocycles. The largest absolute Gasteiger partial charge is 0.365 e. The molecule has 0 radical (unpaired) electrons.